The third kappa shape index (κ3) is 5.08. The van der Waals surface area contributed by atoms with E-state index >= 15 is 0 Å². The Kier molecular flexibility index (Phi) is 5.89. The average molecular weight is 324 g/mol. The molecule has 3 nitrogen and oxygen atoms in total. The predicted octanol–water partition coefficient (Wildman–Crippen LogP) is 3.76. The van der Waals surface area contributed by atoms with Crippen molar-refractivity contribution in [2.24, 2.45) is 0 Å². The van der Waals surface area contributed by atoms with Crippen LogP contribution in [0.1, 0.15) is 29.5 Å². The van der Waals surface area contributed by atoms with Crippen LogP contribution in [0.2, 0.25) is 0 Å². The minimum atomic E-state index is 0.619. The van der Waals surface area contributed by atoms with Gasteiger partial charge in [-0.2, -0.15) is 0 Å². The molecule has 0 aliphatic carbocycles. The number of ether oxygens (including phenoxy) is 1. The lowest BCUT2D eigenvalue weighted by Gasteiger charge is -2.29. The fourth-order valence-corrected chi connectivity index (χ4v) is 3.03. The third-order valence-corrected chi connectivity index (χ3v) is 4.76. The summed E-state index contributed by atoms with van der Waals surface area (Å²) in [6.07, 6.45) is 2.49. The monoisotopic (exact) mass is 324 g/mol. The number of nitrogens with zero attached hydrogens (tertiary/aromatic N) is 1. The summed E-state index contributed by atoms with van der Waals surface area (Å²) in [5, 5.41) is 3.67. The van der Waals surface area contributed by atoms with Crippen LogP contribution in [0.5, 0.6) is 5.75 Å². The molecule has 0 amide bonds. The fourth-order valence-electron chi connectivity index (χ4n) is 3.03. The van der Waals surface area contributed by atoms with Gasteiger partial charge in [0.05, 0.1) is 0 Å². The van der Waals surface area contributed by atoms with Crippen molar-refractivity contribution >= 4 is 0 Å². The molecular formula is C21H28N2O. The summed E-state index contributed by atoms with van der Waals surface area (Å²) in [5.41, 5.74) is 3.80. The molecule has 2 aromatic rings. The molecule has 3 heteroatoms. The van der Waals surface area contributed by atoms with E-state index in [1.165, 1.54) is 42.6 Å². The maximum Gasteiger partial charge on any atom is 0.119 e. The minimum Gasteiger partial charge on any atom is -0.489 e. The molecule has 0 atom stereocenters. The second-order valence-electron chi connectivity index (χ2n) is 6.88. The number of likely N-dealkylation sites (tertiary alicyclic amines) is 1. The van der Waals surface area contributed by atoms with Crippen molar-refractivity contribution in [1.29, 1.82) is 0 Å². The Bertz CT molecular complexity index is 613. The number of hydrogen-bond acceptors (Lipinski definition) is 3. The van der Waals surface area contributed by atoms with Gasteiger partial charge in [0.25, 0.3) is 0 Å². The van der Waals surface area contributed by atoms with Gasteiger partial charge < -0.3 is 15.0 Å². The molecule has 128 valence electrons. The Morgan fingerprint density at radius 2 is 1.58 bits per heavy atom. The number of rotatable bonds is 6. The summed E-state index contributed by atoms with van der Waals surface area (Å²) in [6.45, 7) is 6.05. The number of hydrogen-bond donors (Lipinski definition) is 1. The van der Waals surface area contributed by atoms with E-state index in [1.54, 1.807) is 0 Å². The van der Waals surface area contributed by atoms with Crippen LogP contribution in [0.15, 0.2) is 48.5 Å². The van der Waals surface area contributed by atoms with Crippen molar-refractivity contribution in [3.05, 3.63) is 65.2 Å². The lowest BCUT2D eigenvalue weighted by atomic mass is 10.1. The van der Waals surface area contributed by atoms with Crippen LogP contribution < -0.4 is 10.1 Å². The molecule has 1 saturated heterocycles. The van der Waals surface area contributed by atoms with Crippen molar-refractivity contribution in [3.8, 4) is 5.75 Å². The zero-order valence-corrected chi connectivity index (χ0v) is 14.8. The molecular weight excluding hydrogens is 296 g/mol. The van der Waals surface area contributed by atoms with E-state index in [0.717, 1.165) is 12.3 Å². The first-order chi connectivity index (χ1) is 11.7. The Hall–Kier alpha value is -1.84. The van der Waals surface area contributed by atoms with Gasteiger partial charge in [0.2, 0.25) is 0 Å². The van der Waals surface area contributed by atoms with Gasteiger partial charge in [-0.3, -0.25) is 0 Å². The Labute approximate surface area is 145 Å². The summed E-state index contributed by atoms with van der Waals surface area (Å²) in [5.74, 6) is 0.929. The largest absolute Gasteiger partial charge is 0.489 e. The van der Waals surface area contributed by atoms with Crippen LogP contribution >= 0.6 is 0 Å². The smallest absolute Gasteiger partial charge is 0.119 e. The van der Waals surface area contributed by atoms with E-state index in [9.17, 15) is 0 Å². The average Bonchev–Trinajstić information content (AvgIpc) is 2.62. The van der Waals surface area contributed by atoms with Crippen molar-refractivity contribution in [2.75, 3.05) is 20.1 Å². The molecule has 0 radical (unpaired) electrons. The van der Waals surface area contributed by atoms with Gasteiger partial charge in [-0.25, -0.2) is 0 Å². The highest BCUT2D eigenvalue weighted by Gasteiger charge is 2.15. The van der Waals surface area contributed by atoms with Gasteiger partial charge in [-0.05, 0) is 63.2 Å². The zero-order valence-electron chi connectivity index (χ0n) is 14.8. The summed E-state index contributed by atoms with van der Waals surface area (Å²) < 4.78 is 5.87. The van der Waals surface area contributed by atoms with Crippen molar-refractivity contribution in [2.45, 2.75) is 39.0 Å². The highest BCUT2D eigenvalue weighted by Crippen LogP contribution is 2.15. The minimum absolute atomic E-state index is 0.619. The van der Waals surface area contributed by atoms with Crippen LogP contribution in [0, 0.1) is 6.92 Å². The lowest BCUT2D eigenvalue weighted by molar-refractivity contribution is 0.234. The van der Waals surface area contributed by atoms with E-state index in [2.05, 4.69) is 72.7 Å². The van der Waals surface area contributed by atoms with Crippen LogP contribution in [0.25, 0.3) is 0 Å². The number of piperidine rings is 1. The van der Waals surface area contributed by atoms with E-state index in [4.69, 9.17) is 4.74 Å². The maximum atomic E-state index is 5.87. The Balaban J connectivity index is 1.44. The van der Waals surface area contributed by atoms with E-state index in [0.29, 0.717) is 12.6 Å². The van der Waals surface area contributed by atoms with Gasteiger partial charge in [0.1, 0.15) is 12.4 Å². The summed E-state index contributed by atoms with van der Waals surface area (Å²) in [6, 6.07) is 17.6. The molecule has 1 heterocycles. The van der Waals surface area contributed by atoms with Crippen molar-refractivity contribution in [3.63, 3.8) is 0 Å². The van der Waals surface area contributed by atoms with E-state index in [1.807, 2.05) is 0 Å². The Morgan fingerprint density at radius 1 is 0.958 bits per heavy atom. The second-order valence-corrected chi connectivity index (χ2v) is 6.88. The van der Waals surface area contributed by atoms with E-state index < -0.39 is 0 Å². The highest BCUT2D eigenvalue weighted by molar-refractivity contribution is 5.28. The quantitative estimate of drug-likeness (QED) is 0.875. The van der Waals surface area contributed by atoms with Gasteiger partial charge in [-0.1, -0.05) is 42.0 Å². The molecule has 2 aromatic carbocycles. The van der Waals surface area contributed by atoms with Crippen LogP contribution in [-0.4, -0.2) is 31.1 Å². The van der Waals surface area contributed by atoms with Crippen molar-refractivity contribution < 1.29 is 4.74 Å². The number of benzene rings is 2. The Morgan fingerprint density at radius 3 is 2.25 bits per heavy atom. The summed E-state index contributed by atoms with van der Waals surface area (Å²) >= 11 is 0. The lowest BCUT2D eigenvalue weighted by Crippen LogP contribution is -2.40. The predicted molar refractivity (Wildman–Crippen MR) is 99.3 cm³/mol. The van der Waals surface area contributed by atoms with E-state index in [-0.39, 0.29) is 0 Å². The van der Waals surface area contributed by atoms with Crippen molar-refractivity contribution in [1.82, 2.24) is 10.2 Å². The van der Waals surface area contributed by atoms with Crippen LogP contribution in [0.3, 0.4) is 0 Å². The summed E-state index contributed by atoms with van der Waals surface area (Å²) in [4.78, 5) is 2.40. The van der Waals surface area contributed by atoms with Crippen LogP contribution in [-0.2, 0) is 13.2 Å². The molecule has 24 heavy (non-hydrogen) atoms. The third-order valence-electron chi connectivity index (χ3n) is 4.76. The topological polar surface area (TPSA) is 24.5 Å². The molecule has 0 bridgehead atoms. The molecule has 3 rings (SSSR count). The number of nitrogens with one attached hydrogen (secondary N) is 1. The van der Waals surface area contributed by atoms with Crippen LogP contribution in [0.4, 0.5) is 0 Å². The van der Waals surface area contributed by atoms with Gasteiger partial charge in [0, 0.05) is 12.6 Å². The van der Waals surface area contributed by atoms with Gasteiger partial charge in [0.15, 0.2) is 0 Å². The molecule has 1 N–H and O–H groups in total. The molecule has 0 unspecified atom stereocenters. The standard InChI is InChI=1S/C21H28N2O/c1-17-3-5-19(6-4-17)16-24-21-9-7-18(8-10-21)15-22-20-11-13-23(2)14-12-20/h3-10,20,22H,11-16H2,1-2H3. The van der Waals surface area contributed by atoms with Gasteiger partial charge >= 0.3 is 0 Å². The second kappa shape index (κ2) is 8.32. The van der Waals surface area contributed by atoms with Gasteiger partial charge in [-0.15, -0.1) is 0 Å². The first-order valence-electron chi connectivity index (χ1n) is 8.88. The maximum absolute atomic E-state index is 5.87. The normalized spacial score (nSPS) is 16.2. The first-order valence-corrected chi connectivity index (χ1v) is 8.88. The highest BCUT2D eigenvalue weighted by atomic mass is 16.5. The molecule has 1 aliphatic rings. The molecule has 1 fully saturated rings. The molecule has 0 saturated carbocycles. The SMILES string of the molecule is Cc1ccc(COc2ccc(CNC3CCN(C)CC3)cc2)cc1. The number of aryl methyl sites for hydroxylation is 1. The zero-order chi connectivity index (χ0) is 16.8. The summed E-state index contributed by atoms with van der Waals surface area (Å²) in [7, 11) is 2.20. The molecule has 0 aromatic heterocycles. The first kappa shape index (κ1) is 17.0. The fraction of sp³-hybridized carbons (Fsp3) is 0.429. The molecule has 0 spiro atoms. The molecule has 1 aliphatic heterocycles.